The van der Waals surface area contributed by atoms with Crippen molar-refractivity contribution >= 4 is 10.9 Å². The number of para-hydroxylation sites is 1. The Bertz CT molecular complexity index is 786. The Morgan fingerprint density at radius 3 is 2.90 bits per heavy atom. The van der Waals surface area contributed by atoms with Gasteiger partial charge >= 0.3 is 0 Å². The number of hydrogen-bond donors (Lipinski definition) is 2. The lowest BCUT2D eigenvalue weighted by Gasteiger charge is -2.01. The van der Waals surface area contributed by atoms with Gasteiger partial charge in [0.05, 0.1) is 17.7 Å². The van der Waals surface area contributed by atoms with Crippen molar-refractivity contribution in [3.63, 3.8) is 0 Å². The molecule has 1 saturated heterocycles. The quantitative estimate of drug-likeness (QED) is 0.744. The molecule has 1 aliphatic rings. The standard InChI is InChI=1S/C15H14N4O2/c20-10-7-13(16-8-10)15-18-14(19-21-15)12-6-5-9-3-1-2-4-11(9)17-12/h1-6,10,13,16,20H,7-8H2/t10-,13+/m0/s1. The number of fused-ring (bicyclic) bond motifs is 1. The molecule has 0 spiro atoms. The highest BCUT2D eigenvalue weighted by Gasteiger charge is 2.28. The van der Waals surface area contributed by atoms with E-state index in [2.05, 4.69) is 20.4 Å². The smallest absolute Gasteiger partial charge is 0.244 e. The Morgan fingerprint density at radius 2 is 2.05 bits per heavy atom. The van der Waals surface area contributed by atoms with Gasteiger partial charge < -0.3 is 14.9 Å². The van der Waals surface area contributed by atoms with Crippen LogP contribution in [0.4, 0.5) is 0 Å². The fraction of sp³-hybridized carbons (Fsp3) is 0.267. The molecule has 1 aromatic carbocycles. The van der Waals surface area contributed by atoms with Crippen LogP contribution in [0.2, 0.25) is 0 Å². The number of rotatable bonds is 2. The molecule has 6 nitrogen and oxygen atoms in total. The summed E-state index contributed by atoms with van der Waals surface area (Å²) >= 11 is 0. The number of pyridine rings is 1. The molecule has 1 fully saturated rings. The average molecular weight is 282 g/mol. The van der Waals surface area contributed by atoms with E-state index >= 15 is 0 Å². The molecule has 106 valence electrons. The first-order valence-electron chi connectivity index (χ1n) is 6.91. The molecule has 3 heterocycles. The summed E-state index contributed by atoms with van der Waals surface area (Å²) in [6.07, 6.45) is 0.233. The van der Waals surface area contributed by atoms with Gasteiger partial charge in [-0.05, 0) is 18.6 Å². The van der Waals surface area contributed by atoms with Crippen LogP contribution < -0.4 is 5.32 Å². The topological polar surface area (TPSA) is 84.1 Å². The van der Waals surface area contributed by atoms with E-state index in [4.69, 9.17) is 4.52 Å². The van der Waals surface area contributed by atoms with Crippen molar-refractivity contribution in [2.45, 2.75) is 18.6 Å². The SMILES string of the molecule is O[C@@H]1CN[C@@H](c2nc(-c3ccc4ccccc4n3)no2)C1. The minimum atomic E-state index is -0.357. The Balaban J connectivity index is 1.67. The summed E-state index contributed by atoms with van der Waals surface area (Å²) in [6, 6.07) is 11.7. The molecule has 2 atom stereocenters. The lowest BCUT2D eigenvalue weighted by molar-refractivity contribution is 0.191. The molecule has 2 N–H and O–H groups in total. The van der Waals surface area contributed by atoms with Crippen molar-refractivity contribution < 1.29 is 9.63 Å². The van der Waals surface area contributed by atoms with Crippen LogP contribution in [-0.4, -0.2) is 32.9 Å². The minimum absolute atomic E-state index is 0.0818. The van der Waals surface area contributed by atoms with Crippen LogP contribution in [-0.2, 0) is 0 Å². The highest BCUT2D eigenvalue weighted by Crippen LogP contribution is 2.24. The number of β-amino-alcohol motifs (C(OH)–C–C–N with tert-alkyl or cyclic N) is 1. The molecular formula is C15H14N4O2. The largest absolute Gasteiger partial charge is 0.392 e. The molecule has 0 saturated carbocycles. The van der Waals surface area contributed by atoms with Crippen LogP contribution in [0.3, 0.4) is 0 Å². The zero-order chi connectivity index (χ0) is 14.2. The molecule has 2 aromatic heterocycles. The molecule has 0 unspecified atom stereocenters. The number of aromatic nitrogens is 3. The van der Waals surface area contributed by atoms with E-state index in [1.807, 2.05) is 36.4 Å². The van der Waals surface area contributed by atoms with Gasteiger partial charge in [-0.2, -0.15) is 4.98 Å². The molecule has 0 bridgehead atoms. The van der Waals surface area contributed by atoms with Crippen LogP contribution in [0.5, 0.6) is 0 Å². The first kappa shape index (κ1) is 12.4. The zero-order valence-electron chi connectivity index (χ0n) is 11.2. The van der Waals surface area contributed by atoms with Crippen LogP contribution in [0.1, 0.15) is 18.4 Å². The van der Waals surface area contributed by atoms with Crippen LogP contribution in [0, 0.1) is 0 Å². The van der Waals surface area contributed by atoms with Crippen LogP contribution >= 0.6 is 0 Å². The van der Waals surface area contributed by atoms with E-state index in [1.165, 1.54) is 0 Å². The van der Waals surface area contributed by atoms with E-state index in [0.29, 0.717) is 30.4 Å². The first-order valence-corrected chi connectivity index (χ1v) is 6.91. The summed E-state index contributed by atoms with van der Waals surface area (Å²) in [5.74, 6) is 0.968. The van der Waals surface area contributed by atoms with Gasteiger partial charge in [-0.3, -0.25) is 0 Å². The number of benzene rings is 1. The van der Waals surface area contributed by atoms with E-state index in [1.54, 1.807) is 0 Å². The summed E-state index contributed by atoms with van der Waals surface area (Å²) in [6.45, 7) is 0.552. The number of aliphatic hydroxyl groups excluding tert-OH is 1. The molecule has 1 aliphatic heterocycles. The van der Waals surface area contributed by atoms with Gasteiger partial charge in [0.15, 0.2) is 0 Å². The lowest BCUT2D eigenvalue weighted by Crippen LogP contribution is -2.15. The molecule has 21 heavy (non-hydrogen) atoms. The van der Waals surface area contributed by atoms with Gasteiger partial charge in [0.2, 0.25) is 11.7 Å². The van der Waals surface area contributed by atoms with Crippen molar-refractivity contribution in [2.24, 2.45) is 0 Å². The summed E-state index contributed by atoms with van der Waals surface area (Å²) in [7, 11) is 0. The third kappa shape index (κ3) is 2.28. The van der Waals surface area contributed by atoms with Crippen molar-refractivity contribution in [1.29, 1.82) is 0 Å². The third-order valence-corrected chi connectivity index (χ3v) is 3.68. The monoisotopic (exact) mass is 282 g/mol. The van der Waals surface area contributed by atoms with Crippen LogP contribution in [0.25, 0.3) is 22.4 Å². The van der Waals surface area contributed by atoms with Gasteiger partial charge in [-0.25, -0.2) is 4.98 Å². The average Bonchev–Trinajstić information content (AvgIpc) is 3.15. The minimum Gasteiger partial charge on any atom is -0.392 e. The summed E-state index contributed by atoms with van der Waals surface area (Å²) < 4.78 is 5.29. The van der Waals surface area contributed by atoms with Crippen molar-refractivity contribution in [3.8, 4) is 11.5 Å². The van der Waals surface area contributed by atoms with E-state index in [0.717, 1.165) is 10.9 Å². The maximum atomic E-state index is 9.54. The lowest BCUT2D eigenvalue weighted by atomic mass is 10.2. The van der Waals surface area contributed by atoms with Gasteiger partial charge in [0.1, 0.15) is 5.69 Å². The number of nitrogens with one attached hydrogen (secondary N) is 1. The molecule has 3 aromatic rings. The molecule has 4 rings (SSSR count). The van der Waals surface area contributed by atoms with Crippen LogP contribution in [0.15, 0.2) is 40.9 Å². The molecule has 6 heteroatoms. The number of nitrogens with zero attached hydrogens (tertiary/aromatic N) is 3. The Hall–Kier alpha value is -2.31. The predicted molar refractivity (Wildman–Crippen MR) is 76.4 cm³/mol. The normalized spacial score (nSPS) is 22.0. The van der Waals surface area contributed by atoms with E-state index in [9.17, 15) is 5.11 Å². The Labute approximate surface area is 120 Å². The second-order valence-corrected chi connectivity index (χ2v) is 5.20. The van der Waals surface area contributed by atoms with Crippen molar-refractivity contribution in [3.05, 3.63) is 42.3 Å². The number of aliphatic hydroxyl groups is 1. The molecule has 0 radical (unpaired) electrons. The second kappa shape index (κ2) is 4.91. The van der Waals surface area contributed by atoms with Gasteiger partial charge in [-0.15, -0.1) is 0 Å². The molecule has 0 aliphatic carbocycles. The van der Waals surface area contributed by atoms with Crippen molar-refractivity contribution in [2.75, 3.05) is 6.54 Å². The highest BCUT2D eigenvalue weighted by atomic mass is 16.5. The fourth-order valence-electron chi connectivity index (χ4n) is 2.58. The fourth-order valence-corrected chi connectivity index (χ4v) is 2.58. The second-order valence-electron chi connectivity index (χ2n) is 5.20. The summed E-state index contributed by atoms with van der Waals surface area (Å²) in [4.78, 5) is 8.94. The third-order valence-electron chi connectivity index (χ3n) is 3.68. The maximum Gasteiger partial charge on any atom is 0.244 e. The maximum absolute atomic E-state index is 9.54. The summed E-state index contributed by atoms with van der Waals surface area (Å²) in [5.41, 5.74) is 1.58. The summed E-state index contributed by atoms with van der Waals surface area (Å²) in [5, 5.41) is 17.8. The predicted octanol–water partition coefficient (Wildman–Crippen LogP) is 1.68. The van der Waals surface area contributed by atoms with E-state index in [-0.39, 0.29) is 12.1 Å². The Morgan fingerprint density at radius 1 is 1.14 bits per heavy atom. The molecule has 0 amide bonds. The highest BCUT2D eigenvalue weighted by molar-refractivity contribution is 5.80. The number of hydrogen-bond acceptors (Lipinski definition) is 6. The van der Waals surface area contributed by atoms with Gasteiger partial charge in [0, 0.05) is 11.9 Å². The van der Waals surface area contributed by atoms with Gasteiger partial charge in [0.25, 0.3) is 0 Å². The van der Waals surface area contributed by atoms with E-state index < -0.39 is 0 Å². The van der Waals surface area contributed by atoms with Crippen molar-refractivity contribution in [1.82, 2.24) is 20.4 Å². The van der Waals surface area contributed by atoms with Gasteiger partial charge in [-0.1, -0.05) is 29.4 Å². The zero-order valence-corrected chi connectivity index (χ0v) is 11.2. The Kier molecular flexibility index (Phi) is 2.90. The first-order chi connectivity index (χ1) is 10.3. The molecular weight excluding hydrogens is 268 g/mol.